The Morgan fingerprint density at radius 3 is 2.63 bits per heavy atom. The van der Waals surface area contributed by atoms with Gasteiger partial charge >= 0.3 is 5.97 Å². The molecule has 0 atom stereocenters. The van der Waals surface area contributed by atoms with E-state index in [-0.39, 0.29) is 11.5 Å². The molecule has 0 fully saturated rings. The van der Waals surface area contributed by atoms with Gasteiger partial charge in [0.25, 0.3) is 0 Å². The molecule has 1 heterocycles. The molecular weight excluding hydrogens is 249 g/mol. The molecule has 2 rings (SSSR count). The fourth-order valence-corrected chi connectivity index (χ4v) is 1.63. The van der Waals surface area contributed by atoms with Crippen LogP contribution in [0.3, 0.4) is 0 Å². The highest BCUT2D eigenvalue weighted by atomic mass is 19.1. The molecule has 0 N–H and O–H groups in total. The summed E-state index contributed by atoms with van der Waals surface area (Å²) < 4.78 is 22.9. The number of rotatable bonds is 3. The Balaban J connectivity index is 2.53. The minimum absolute atomic E-state index is 0.112. The molecule has 0 radical (unpaired) electrons. The van der Waals surface area contributed by atoms with Crippen LogP contribution >= 0.6 is 0 Å². The third-order valence-electron chi connectivity index (χ3n) is 2.55. The number of benzene rings is 1. The summed E-state index contributed by atoms with van der Waals surface area (Å²) in [6.07, 6.45) is 0. The SMILES string of the molecule is COC(=O)c1cc(OC)cc(-c2cccc(F)c2)n1. The summed E-state index contributed by atoms with van der Waals surface area (Å²) in [5, 5.41) is 0. The van der Waals surface area contributed by atoms with Crippen LogP contribution in [0.2, 0.25) is 0 Å². The van der Waals surface area contributed by atoms with E-state index in [1.165, 1.54) is 32.4 Å². The third-order valence-corrected chi connectivity index (χ3v) is 2.55. The van der Waals surface area contributed by atoms with Gasteiger partial charge in [0, 0.05) is 17.7 Å². The topological polar surface area (TPSA) is 48.4 Å². The molecule has 0 amide bonds. The Labute approximate surface area is 109 Å². The van der Waals surface area contributed by atoms with E-state index in [0.29, 0.717) is 17.0 Å². The first-order valence-corrected chi connectivity index (χ1v) is 5.54. The van der Waals surface area contributed by atoms with Crippen LogP contribution in [-0.2, 0) is 4.74 Å². The van der Waals surface area contributed by atoms with Crippen LogP contribution in [0.1, 0.15) is 10.5 Å². The monoisotopic (exact) mass is 261 g/mol. The highest BCUT2D eigenvalue weighted by molar-refractivity contribution is 5.88. The van der Waals surface area contributed by atoms with E-state index in [1.807, 2.05) is 0 Å². The van der Waals surface area contributed by atoms with Crippen LogP contribution < -0.4 is 4.74 Å². The molecule has 0 spiro atoms. The van der Waals surface area contributed by atoms with Crippen molar-refractivity contribution < 1.29 is 18.7 Å². The number of esters is 1. The van der Waals surface area contributed by atoms with Crippen molar-refractivity contribution in [1.82, 2.24) is 4.98 Å². The van der Waals surface area contributed by atoms with Crippen LogP contribution in [0.5, 0.6) is 5.75 Å². The first-order valence-electron chi connectivity index (χ1n) is 5.54. The lowest BCUT2D eigenvalue weighted by Gasteiger charge is -2.07. The van der Waals surface area contributed by atoms with Gasteiger partial charge in [-0.2, -0.15) is 0 Å². The number of pyridine rings is 1. The summed E-state index contributed by atoms with van der Waals surface area (Å²) in [6, 6.07) is 9.04. The highest BCUT2D eigenvalue weighted by Crippen LogP contribution is 2.24. The first-order chi connectivity index (χ1) is 9.13. The van der Waals surface area contributed by atoms with Gasteiger partial charge in [-0.3, -0.25) is 0 Å². The summed E-state index contributed by atoms with van der Waals surface area (Å²) in [6.45, 7) is 0. The van der Waals surface area contributed by atoms with E-state index in [1.54, 1.807) is 18.2 Å². The van der Waals surface area contributed by atoms with Gasteiger partial charge in [0.15, 0.2) is 5.69 Å². The fourth-order valence-electron chi connectivity index (χ4n) is 1.63. The average molecular weight is 261 g/mol. The molecule has 0 aliphatic carbocycles. The standard InChI is InChI=1S/C14H12FNO3/c1-18-11-7-12(9-4-3-5-10(15)6-9)16-13(8-11)14(17)19-2/h3-8H,1-2H3. The van der Waals surface area contributed by atoms with Crippen molar-refractivity contribution in [1.29, 1.82) is 0 Å². The van der Waals surface area contributed by atoms with E-state index in [9.17, 15) is 9.18 Å². The van der Waals surface area contributed by atoms with E-state index < -0.39 is 5.97 Å². The normalized spacial score (nSPS) is 10.1. The number of halogens is 1. The number of methoxy groups -OCH3 is 2. The molecule has 98 valence electrons. The van der Waals surface area contributed by atoms with Crippen molar-refractivity contribution in [3.05, 3.63) is 47.9 Å². The fraction of sp³-hybridized carbons (Fsp3) is 0.143. The molecule has 0 aliphatic heterocycles. The van der Waals surface area contributed by atoms with Crippen molar-refractivity contribution in [2.45, 2.75) is 0 Å². The second kappa shape index (κ2) is 5.48. The first kappa shape index (κ1) is 13.0. The van der Waals surface area contributed by atoms with E-state index >= 15 is 0 Å². The van der Waals surface area contributed by atoms with Gasteiger partial charge in [0.1, 0.15) is 11.6 Å². The molecular formula is C14H12FNO3. The van der Waals surface area contributed by atoms with E-state index in [0.717, 1.165) is 0 Å². The number of nitrogens with zero attached hydrogens (tertiary/aromatic N) is 1. The molecule has 0 saturated heterocycles. The second-order valence-electron chi connectivity index (χ2n) is 3.78. The Hall–Kier alpha value is -2.43. The molecule has 19 heavy (non-hydrogen) atoms. The zero-order valence-corrected chi connectivity index (χ0v) is 10.5. The van der Waals surface area contributed by atoms with Gasteiger partial charge in [-0.1, -0.05) is 12.1 Å². The van der Waals surface area contributed by atoms with Crippen molar-refractivity contribution in [2.24, 2.45) is 0 Å². The Kier molecular flexibility index (Phi) is 3.75. The minimum Gasteiger partial charge on any atom is -0.497 e. The van der Waals surface area contributed by atoms with Crippen LogP contribution in [0.15, 0.2) is 36.4 Å². The lowest BCUT2D eigenvalue weighted by Crippen LogP contribution is -2.05. The number of hydrogen-bond acceptors (Lipinski definition) is 4. The number of ether oxygens (including phenoxy) is 2. The summed E-state index contributed by atoms with van der Waals surface area (Å²) in [5.74, 6) is -0.493. The van der Waals surface area contributed by atoms with Gasteiger partial charge in [0.05, 0.1) is 19.9 Å². The molecule has 0 saturated carbocycles. The molecule has 0 unspecified atom stereocenters. The van der Waals surface area contributed by atoms with Crippen molar-refractivity contribution in [3.8, 4) is 17.0 Å². The minimum atomic E-state index is -0.573. The summed E-state index contributed by atoms with van der Waals surface area (Å²) in [5.41, 5.74) is 1.12. The predicted octanol–water partition coefficient (Wildman–Crippen LogP) is 2.68. The third kappa shape index (κ3) is 2.88. The van der Waals surface area contributed by atoms with Crippen LogP contribution in [0.4, 0.5) is 4.39 Å². The molecule has 0 aliphatic rings. The lowest BCUT2D eigenvalue weighted by molar-refractivity contribution is 0.0593. The van der Waals surface area contributed by atoms with Gasteiger partial charge in [-0.15, -0.1) is 0 Å². The Morgan fingerprint density at radius 1 is 1.21 bits per heavy atom. The maximum atomic E-state index is 13.2. The quantitative estimate of drug-likeness (QED) is 0.797. The Morgan fingerprint density at radius 2 is 2.00 bits per heavy atom. The molecule has 1 aromatic carbocycles. The molecule has 2 aromatic rings. The average Bonchev–Trinajstić information content (AvgIpc) is 2.45. The Bertz CT molecular complexity index is 613. The number of hydrogen-bond donors (Lipinski definition) is 0. The smallest absolute Gasteiger partial charge is 0.356 e. The van der Waals surface area contributed by atoms with Gasteiger partial charge < -0.3 is 9.47 Å². The molecule has 4 nitrogen and oxygen atoms in total. The highest BCUT2D eigenvalue weighted by Gasteiger charge is 2.12. The zero-order chi connectivity index (χ0) is 13.8. The maximum absolute atomic E-state index is 13.2. The van der Waals surface area contributed by atoms with Crippen LogP contribution in [-0.4, -0.2) is 25.2 Å². The van der Waals surface area contributed by atoms with Gasteiger partial charge in [-0.05, 0) is 12.1 Å². The van der Waals surface area contributed by atoms with E-state index in [4.69, 9.17) is 4.74 Å². The number of carbonyl (C=O) groups is 1. The lowest BCUT2D eigenvalue weighted by atomic mass is 10.1. The summed E-state index contributed by atoms with van der Waals surface area (Å²) in [7, 11) is 2.75. The number of aromatic nitrogens is 1. The zero-order valence-electron chi connectivity index (χ0n) is 10.5. The maximum Gasteiger partial charge on any atom is 0.356 e. The predicted molar refractivity (Wildman–Crippen MR) is 67.5 cm³/mol. The van der Waals surface area contributed by atoms with Crippen molar-refractivity contribution in [3.63, 3.8) is 0 Å². The molecule has 0 bridgehead atoms. The largest absolute Gasteiger partial charge is 0.497 e. The number of carbonyl (C=O) groups excluding carboxylic acids is 1. The van der Waals surface area contributed by atoms with Crippen molar-refractivity contribution >= 4 is 5.97 Å². The van der Waals surface area contributed by atoms with Gasteiger partial charge in [0.2, 0.25) is 0 Å². The molecule has 5 heteroatoms. The summed E-state index contributed by atoms with van der Waals surface area (Å²) in [4.78, 5) is 15.7. The van der Waals surface area contributed by atoms with Crippen molar-refractivity contribution in [2.75, 3.05) is 14.2 Å². The second-order valence-corrected chi connectivity index (χ2v) is 3.78. The van der Waals surface area contributed by atoms with Gasteiger partial charge in [-0.25, -0.2) is 14.2 Å². The molecule has 1 aromatic heterocycles. The van der Waals surface area contributed by atoms with E-state index in [2.05, 4.69) is 9.72 Å². The summed E-state index contributed by atoms with van der Waals surface area (Å²) >= 11 is 0. The van der Waals surface area contributed by atoms with Crippen LogP contribution in [0, 0.1) is 5.82 Å². The van der Waals surface area contributed by atoms with Crippen LogP contribution in [0.25, 0.3) is 11.3 Å².